The molecule has 1 fully saturated rings. The number of benzene rings is 2. The molecule has 2 aromatic rings. The molecular weight excluding hydrogens is 414 g/mol. The third-order valence-corrected chi connectivity index (χ3v) is 5.55. The molecular formula is C23H27N3O4S. The second-order valence-electron chi connectivity index (χ2n) is 7.07. The maximum atomic E-state index is 11.9. The highest BCUT2D eigenvalue weighted by Gasteiger charge is 2.16. The van der Waals surface area contributed by atoms with Gasteiger partial charge in [-0.1, -0.05) is 30.3 Å². The molecule has 1 heterocycles. The number of thioether (sulfide) groups is 1. The Bertz CT molecular complexity index is 853. The number of carbonyl (C=O) groups is 2. The van der Waals surface area contributed by atoms with E-state index in [4.69, 9.17) is 9.47 Å². The first-order valence-electron chi connectivity index (χ1n) is 10.2. The fourth-order valence-electron chi connectivity index (χ4n) is 2.93. The van der Waals surface area contributed by atoms with Gasteiger partial charge in [0, 0.05) is 18.9 Å². The van der Waals surface area contributed by atoms with Crippen molar-refractivity contribution in [2.45, 2.75) is 24.7 Å². The lowest BCUT2D eigenvalue weighted by Gasteiger charge is -2.11. The highest BCUT2D eigenvalue weighted by atomic mass is 32.2. The van der Waals surface area contributed by atoms with Crippen LogP contribution in [0.2, 0.25) is 0 Å². The summed E-state index contributed by atoms with van der Waals surface area (Å²) >= 11 is 1.54. The molecule has 164 valence electrons. The van der Waals surface area contributed by atoms with Crippen molar-refractivity contribution >= 4 is 29.8 Å². The van der Waals surface area contributed by atoms with Gasteiger partial charge in [0.2, 0.25) is 5.91 Å². The molecule has 1 aliphatic rings. The quantitative estimate of drug-likeness (QED) is 0.414. The van der Waals surface area contributed by atoms with Crippen molar-refractivity contribution < 1.29 is 19.1 Å². The molecule has 0 spiro atoms. The largest absolute Gasteiger partial charge is 0.484 e. The fraction of sp³-hybridized carbons (Fsp3) is 0.348. The zero-order valence-corrected chi connectivity index (χ0v) is 18.1. The van der Waals surface area contributed by atoms with Crippen LogP contribution in [0, 0.1) is 0 Å². The van der Waals surface area contributed by atoms with Gasteiger partial charge in [0.25, 0.3) is 5.91 Å². The van der Waals surface area contributed by atoms with Crippen LogP contribution in [0.5, 0.6) is 5.75 Å². The maximum Gasteiger partial charge on any atom is 0.258 e. The monoisotopic (exact) mass is 441 g/mol. The second-order valence-corrected chi connectivity index (χ2v) is 8.05. The molecule has 1 atom stereocenters. The molecule has 1 unspecified atom stereocenters. The van der Waals surface area contributed by atoms with Crippen molar-refractivity contribution in [3.8, 4) is 5.75 Å². The summed E-state index contributed by atoms with van der Waals surface area (Å²) in [6.45, 7) is 1.24. The van der Waals surface area contributed by atoms with Gasteiger partial charge in [0.15, 0.2) is 6.61 Å². The minimum Gasteiger partial charge on any atom is -0.484 e. The number of hydrazone groups is 1. The van der Waals surface area contributed by atoms with E-state index in [0.29, 0.717) is 18.0 Å². The summed E-state index contributed by atoms with van der Waals surface area (Å²) in [5.74, 6) is 1.39. The molecule has 0 saturated carbocycles. The Morgan fingerprint density at radius 3 is 2.68 bits per heavy atom. The molecule has 31 heavy (non-hydrogen) atoms. The first-order chi connectivity index (χ1) is 15.2. The third kappa shape index (κ3) is 8.82. The van der Waals surface area contributed by atoms with Crippen molar-refractivity contribution in [3.05, 3.63) is 65.7 Å². The Hall–Kier alpha value is -2.84. The molecule has 0 bridgehead atoms. The minimum absolute atomic E-state index is 0.0448. The highest BCUT2D eigenvalue weighted by molar-refractivity contribution is 7.99. The molecule has 0 aromatic heterocycles. The van der Waals surface area contributed by atoms with Gasteiger partial charge in [-0.25, -0.2) is 5.43 Å². The van der Waals surface area contributed by atoms with E-state index in [0.717, 1.165) is 30.8 Å². The van der Waals surface area contributed by atoms with Crippen LogP contribution in [0.3, 0.4) is 0 Å². The van der Waals surface area contributed by atoms with Gasteiger partial charge in [0.1, 0.15) is 5.75 Å². The predicted molar refractivity (Wildman–Crippen MR) is 122 cm³/mol. The van der Waals surface area contributed by atoms with E-state index in [-0.39, 0.29) is 24.5 Å². The lowest BCUT2D eigenvalue weighted by atomic mass is 10.2. The van der Waals surface area contributed by atoms with Crippen LogP contribution < -0.4 is 15.5 Å². The van der Waals surface area contributed by atoms with Crippen molar-refractivity contribution in [2.24, 2.45) is 5.10 Å². The Balaban J connectivity index is 1.30. The summed E-state index contributed by atoms with van der Waals surface area (Å²) in [4.78, 5) is 23.7. The number of hydrogen-bond acceptors (Lipinski definition) is 6. The number of hydrogen-bond donors (Lipinski definition) is 2. The summed E-state index contributed by atoms with van der Waals surface area (Å²) in [6, 6.07) is 17.1. The molecule has 2 aromatic carbocycles. The summed E-state index contributed by atoms with van der Waals surface area (Å²) in [6.07, 6.45) is 3.71. The van der Waals surface area contributed by atoms with E-state index in [1.54, 1.807) is 30.5 Å². The number of rotatable bonds is 11. The molecule has 1 saturated heterocycles. The summed E-state index contributed by atoms with van der Waals surface area (Å²) < 4.78 is 11.0. The lowest BCUT2D eigenvalue weighted by molar-refractivity contribution is -0.123. The highest BCUT2D eigenvalue weighted by Crippen LogP contribution is 2.13. The molecule has 1 aliphatic heterocycles. The normalized spacial score (nSPS) is 15.7. The second kappa shape index (κ2) is 12.8. The van der Waals surface area contributed by atoms with Crippen LogP contribution in [-0.2, 0) is 20.1 Å². The molecule has 8 heteroatoms. The van der Waals surface area contributed by atoms with Crippen LogP contribution >= 0.6 is 11.8 Å². The average molecular weight is 442 g/mol. The van der Waals surface area contributed by atoms with E-state index >= 15 is 0 Å². The molecule has 2 N–H and O–H groups in total. The SMILES string of the molecule is O=C(COc1ccc(/C=N/NC(=O)CSCc2ccccc2)cc1)NCC1CCCO1. The Kier molecular flexibility index (Phi) is 9.40. The van der Waals surface area contributed by atoms with E-state index in [9.17, 15) is 9.59 Å². The van der Waals surface area contributed by atoms with Crippen LogP contribution in [-0.4, -0.2) is 49.6 Å². The summed E-state index contributed by atoms with van der Waals surface area (Å²) in [7, 11) is 0. The van der Waals surface area contributed by atoms with Gasteiger partial charge in [-0.2, -0.15) is 5.10 Å². The first-order valence-corrected chi connectivity index (χ1v) is 11.4. The molecule has 7 nitrogen and oxygen atoms in total. The van der Waals surface area contributed by atoms with Gasteiger partial charge >= 0.3 is 0 Å². The molecule has 3 rings (SSSR count). The smallest absolute Gasteiger partial charge is 0.258 e. The van der Waals surface area contributed by atoms with Gasteiger partial charge < -0.3 is 14.8 Å². The van der Waals surface area contributed by atoms with E-state index < -0.39 is 0 Å². The van der Waals surface area contributed by atoms with Gasteiger partial charge in [-0.3, -0.25) is 9.59 Å². The van der Waals surface area contributed by atoms with Crippen molar-refractivity contribution in [1.29, 1.82) is 0 Å². The van der Waals surface area contributed by atoms with Crippen molar-refractivity contribution in [1.82, 2.24) is 10.7 Å². The standard InChI is InChI=1S/C23H27N3O4S/c27-22(24-14-21-7-4-12-29-21)15-30-20-10-8-18(9-11-20)13-25-26-23(28)17-31-16-19-5-2-1-3-6-19/h1-3,5-6,8-11,13,21H,4,7,12,14-17H2,(H,24,27)(H,26,28)/b25-13+. The number of nitrogens with zero attached hydrogens (tertiary/aromatic N) is 1. The predicted octanol–water partition coefficient (Wildman–Crippen LogP) is 2.74. The number of carbonyl (C=O) groups excluding carboxylic acids is 2. The van der Waals surface area contributed by atoms with Crippen LogP contribution in [0.1, 0.15) is 24.0 Å². The van der Waals surface area contributed by atoms with E-state index in [2.05, 4.69) is 15.8 Å². The summed E-state index contributed by atoms with van der Waals surface area (Å²) in [5.41, 5.74) is 4.52. The van der Waals surface area contributed by atoms with Crippen molar-refractivity contribution in [3.63, 3.8) is 0 Å². The Morgan fingerprint density at radius 1 is 1.13 bits per heavy atom. The number of ether oxygens (including phenoxy) is 2. The van der Waals surface area contributed by atoms with E-state index in [1.807, 2.05) is 30.3 Å². The van der Waals surface area contributed by atoms with Crippen LogP contribution in [0.25, 0.3) is 0 Å². The Morgan fingerprint density at radius 2 is 1.94 bits per heavy atom. The van der Waals surface area contributed by atoms with Gasteiger partial charge in [-0.05, 0) is 48.2 Å². The molecule has 0 radical (unpaired) electrons. The number of nitrogens with one attached hydrogen (secondary N) is 2. The maximum absolute atomic E-state index is 11.9. The fourth-order valence-corrected chi connectivity index (χ4v) is 3.71. The Labute approximate surface area is 186 Å². The first kappa shape index (κ1) is 22.8. The van der Waals surface area contributed by atoms with E-state index in [1.165, 1.54) is 17.3 Å². The lowest BCUT2D eigenvalue weighted by Crippen LogP contribution is -2.35. The van der Waals surface area contributed by atoms with Gasteiger partial charge in [0.05, 0.1) is 18.1 Å². The topological polar surface area (TPSA) is 89.0 Å². The molecule has 2 amide bonds. The zero-order valence-electron chi connectivity index (χ0n) is 17.3. The summed E-state index contributed by atoms with van der Waals surface area (Å²) in [5, 5.41) is 6.79. The minimum atomic E-state index is -0.172. The average Bonchev–Trinajstić information content (AvgIpc) is 3.32. The zero-order chi connectivity index (χ0) is 21.7. The third-order valence-electron chi connectivity index (χ3n) is 4.55. The molecule has 0 aliphatic carbocycles. The van der Waals surface area contributed by atoms with Crippen LogP contribution in [0.4, 0.5) is 0 Å². The van der Waals surface area contributed by atoms with Crippen LogP contribution in [0.15, 0.2) is 59.7 Å². The number of amides is 2. The van der Waals surface area contributed by atoms with Crippen molar-refractivity contribution in [2.75, 3.05) is 25.5 Å². The van der Waals surface area contributed by atoms with Gasteiger partial charge in [-0.15, -0.1) is 11.8 Å².